The van der Waals surface area contributed by atoms with E-state index in [0.717, 1.165) is 11.3 Å². The van der Waals surface area contributed by atoms with Gasteiger partial charge in [-0.25, -0.2) is 4.79 Å². The molecule has 1 unspecified atom stereocenters. The van der Waals surface area contributed by atoms with Gasteiger partial charge in [0.1, 0.15) is 12.3 Å². The average Bonchev–Trinajstić information content (AvgIpc) is 3.12. The highest BCUT2D eigenvalue weighted by molar-refractivity contribution is 5.89. The summed E-state index contributed by atoms with van der Waals surface area (Å²) in [5.41, 5.74) is 2.17. The van der Waals surface area contributed by atoms with Crippen molar-refractivity contribution in [1.29, 1.82) is 0 Å². The minimum Gasteiger partial charge on any atom is -0.493 e. The van der Waals surface area contributed by atoms with Gasteiger partial charge in [0, 0.05) is 5.56 Å². The molecule has 0 aliphatic carbocycles. The number of methoxy groups -OCH3 is 1. The van der Waals surface area contributed by atoms with Crippen LogP contribution in [0.4, 0.5) is 0 Å². The van der Waals surface area contributed by atoms with Crippen molar-refractivity contribution < 1.29 is 19.0 Å². The molecule has 3 aromatic rings. The average molecular weight is 350 g/mol. The van der Waals surface area contributed by atoms with Crippen LogP contribution in [-0.4, -0.2) is 35.6 Å². The second kappa shape index (κ2) is 6.92. The van der Waals surface area contributed by atoms with Gasteiger partial charge < -0.3 is 14.2 Å². The van der Waals surface area contributed by atoms with Crippen LogP contribution in [0.5, 0.6) is 11.5 Å². The van der Waals surface area contributed by atoms with Gasteiger partial charge in [0.2, 0.25) is 0 Å². The third-order valence-corrected chi connectivity index (χ3v) is 4.20. The normalized spacial score (nSPS) is 15.9. The van der Waals surface area contributed by atoms with Crippen molar-refractivity contribution in [2.45, 2.75) is 12.6 Å². The van der Waals surface area contributed by atoms with Gasteiger partial charge in [-0.15, -0.1) is 0 Å². The lowest BCUT2D eigenvalue weighted by atomic mass is 10.1. The standard InChI is InChI=1S/C20H18N2O4/c1-24-18-9-5-6-10-19(18)25-13-15-12-22-17(20(23)26-15)11-16(21-22)14-7-3-2-4-8-14/h2-11,15H,12-13H2,1H3. The summed E-state index contributed by atoms with van der Waals surface area (Å²) in [5.74, 6) is 0.864. The topological polar surface area (TPSA) is 62.6 Å². The molecular formula is C20H18N2O4. The lowest BCUT2D eigenvalue weighted by molar-refractivity contribution is 0.000102. The Hall–Kier alpha value is -3.28. The largest absolute Gasteiger partial charge is 0.493 e. The maximum atomic E-state index is 12.3. The van der Waals surface area contributed by atoms with Gasteiger partial charge in [-0.1, -0.05) is 42.5 Å². The Bertz CT molecular complexity index is 921. The van der Waals surface area contributed by atoms with E-state index >= 15 is 0 Å². The molecule has 0 saturated carbocycles. The summed E-state index contributed by atoms with van der Waals surface area (Å²) < 4.78 is 18.2. The van der Waals surface area contributed by atoms with Gasteiger partial charge in [0.05, 0.1) is 19.3 Å². The van der Waals surface area contributed by atoms with Crippen molar-refractivity contribution in [3.05, 3.63) is 66.4 Å². The quantitative estimate of drug-likeness (QED) is 0.662. The molecule has 1 aliphatic rings. The molecule has 0 amide bonds. The second-order valence-corrected chi connectivity index (χ2v) is 5.95. The van der Waals surface area contributed by atoms with Crippen LogP contribution in [0.15, 0.2) is 60.7 Å². The summed E-state index contributed by atoms with van der Waals surface area (Å²) in [6, 6.07) is 18.9. The Morgan fingerprint density at radius 3 is 2.62 bits per heavy atom. The molecule has 1 aromatic heterocycles. The molecule has 0 spiro atoms. The van der Waals surface area contributed by atoms with Crippen LogP contribution in [0.1, 0.15) is 10.5 Å². The summed E-state index contributed by atoms with van der Waals surface area (Å²) in [4.78, 5) is 12.3. The Balaban J connectivity index is 1.49. The van der Waals surface area contributed by atoms with E-state index in [4.69, 9.17) is 14.2 Å². The molecule has 0 N–H and O–H groups in total. The zero-order valence-electron chi connectivity index (χ0n) is 14.3. The molecule has 26 heavy (non-hydrogen) atoms. The van der Waals surface area contributed by atoms with E-state index in [2.05, 4.69) is 5.10 Å². The molecule has 0 radical (unpaired) electrons. The number of rotatable bonds is 5. The van der Waals surface area contributed by atoms with Crippen molar-refractivity contribution in [1.82, 2.24) is 9.78 Å². The molecule has 0 fully saturated rings. The van der Waals surface area contributed by atoms with E-state index in [0.29, 0.717) is 23.7 Å². The van der Waals surface area contributed by atoms with Crippen LogP contribution in [-0.2, 0) is 11.3 Å². The highest BCUT2D eigenvalue weighted by atomic mass is 16.6. The summed E-state index contributed by atoms with van der Waals surface area (Å²) in [6.45, 7) is 0.676. The number of carbonyl (C=O) groups is 1. The van der Waals surface area contributed by atoms with Crippen LogP contribution >= 0.6 is 0 Å². The van der Waals surface area contributed by atoms with Crippen LogP contribution in [0.2, 0.25) is 0 Å². The molecule has 1 aliphatic heterocycles. The monoisotopic (exact) mass is 350 g/mol. The number of ether oxygens (including phenoxy) is 3. The maximum Gasteiger partial charge on any atom is 0.357 e. The number of aromatic nitrogens is 2. The van der Waals surface area contributed by atoms with Crippen LogP contribution in [0, 0.1) is 0 Å². The van der Waals surface area contributed by atoms with Crippen molar-refractivity contribution in [2.24, 2.45) is 0 Å². The molecule has 1 atom stereocenters. The third-order valence-electron chi connectivity index (χ3n) is 4.20. The first-order valence-corrected chi connectivity index (χ1v) is 8.34. The van der Waals surface area contributed by atoms with E-state index in [1.54, 1.807) is 17.9 Å². The van der Waals surface area contributed by atoms with Gasteiger partial charge in [0.15, 0.2) is 17.6 Å². The van der Waals surface area contributed by atoms with E-state index < -0.39 is 6.10 Å². The number of hydrogen-bond donors (Lipinski definition) is 0. The first kappa shape index (κ1) is 16.2. The maximum absolute atomic E-state index is 12.3. The Morgan fingerprint density at radius 1 is 1.12 bits per heavy atom. The van der Waals surface area contributed by atoms with Crippen LogP contribution < -0.4 is 9.47 Å². The minimum absolute atomic E-state index is 0.228. The fourth-order valence-corrected chi connectivity index (χ4v) is 2.92. The van der Waals surface area contributed by atoms with Crippen LogP contribution in [0.25, 0.3) is 11.3 Å². The Labute approximate surface area is 150 Å². The Kier molecular flexibility index (Phi) is 4.31. The fraction of sp³-hybridized carbons (Fsp3) is 0.200. The van der Waals surface area contributed by atoms with Gasteiger partial charge >= 0.3 is 5.97 Å². The summed E-state index contributed by atoms with van der Waals surface area (Å²) in [7, 11) is 1.59. The number of esters is 1. The Morgan fingerprint density at radius 2 is 1.85 bits per heavy atom. The van der Waals surface area contributed by atoms with Gasteiger partial charge in [-0.3, -0.25) is 4.68 Å². The fourth-order valence-electron chi connectivity index (χ4n) is 2.92. The summed E-state index contributed by atoms with van der Waals surface area (Å²) >= 11 is 0. The molecule has 4 rings (SSSR count). The van der Waals surface area contributed by atoms with Gasteiger partial charge in [-0.2, -0.15) is 5.10 Å². The minimum atomic E-state index is -0.413. The molecule has 0 saturated heterocycles. The number of carbonyl (C=O) groups excluding carboxylic acids is 1. The highest BCUT2D eigenvalue weighted by Crippen LogP contribution is 2.27. The zero-order chi connectivity index (χ0) is 17.9. The summed E-state index contributed by atoms with van der Waals surface area (Å²) in [6.07, 6.45) is -0.413. The number of fused-ring (bicyclic) bond motifs is 1. The summed E-state index contributed by atoms with van der Waals surface area (Å²) in [5, 5.41) is 4.55. The number of hydrogen-bond acceptors (Lipinski definition) is 5. The molecular weight excluding hydrogens is 332 g/mol. The molecule has 132 valence electrons. The van der Waals surface area contributed by atoms with E-state index in [1.807, 2.05) is 54.6 Å². The van der Waals surface area contributed by atoms with E-state index in [-0.39, 0.29) is 12.6 Å². The number of nitrogens with zero attached hydrogens (tertiary/aromatic N) is 2. The second-order valence-electron chi connectivity index (χ2n) is 5.95. The van der Waals surface area contributed by atoms with Crippen molar-refractivity contribution in [3.63, 3.8) is 0 Å². The lowest BCUT2D eigenvalue weighted by Gasteiger charge is -2.23. The lowest BCUT2D eigenvalue weighted by Crippen LogP contribution is -2.36. The number of benzene rings is 2. The predicted molar refractivity (Wildman–Crippen MR) is 95.4 cm³/mol. The van der Waals surface area contributed by atoms with E-state index in [1.165, 1.54) is 0 Å². The molecule has 0 bridgehead atoms. The van der Waals surface area contributed by atoms with Gasteiger partial charge in [-0.05, 0) is 18.2 Å². The van der Waals surface area contributed by atoms with Crippen molar-refractivity contribution in [3.8, 4) is 22.8 Å². The zero-order valence-corrected chi connectivity index (χ0v) is 14.3. The van der Waals surface area contributed by atoms with Crippen LogP contribution in [0.3, 0.4) is 0 Å². The molecule has 6 heteroatoms. The number of para-hydroxylation sites is 2. The van der Waals surface area contributed by atoms with Gasteiger partial charge in [0.25, 0.3) is 0 Å². The first-order valence-electron chi connectivity index (χ1n) is 8.34. The molecule has 2 heterocycles. The highest BCUT2D eigenvalue weighted by Gasteiger charge is 2.29. The first-order chi connectivity index (χ1) is 12.7. The number of cyclic esters (lactones) is 1. The smallest absolute Gasteiger partial charge is 0.357 e. The van der Waals surface area contributed by atoms with Crippen molar-refractivity contribution in [2.75, 3.05) is 13.7 Å². The molecule has 2 aromatic carbocycles. The molecule has 6 nitrogen and oxygen atoms in total. The van der Waals surface area contributed by atoms with E-state index in [9.17, 15) is 4.79 Å². The third kappa shape index (κ3) is 3.13. The SMILES string of the molecule is COc1ccccc1OCC1Cn2nc(-c3ccccc3)cc2C(=O)O1. The predicted octanol–water partition coefficient (Wildman–Crippen LogP) is 3.18. The van der Waals surface area contributed by atoms with Crippen molar-refractivity contribution >= 4 is 5.97 Å².